The van der Waals surface area contributed by atoms with Gasteiger partial charge in [0.2, 0.25) is 0 Å². The fourth-order valence-electron chi connectivity index (χ4n) is 3.20. The van der Waals surface area contributed by atoms with Crippen LogP contribution in [0.15, 0.2) is 29.5 Å². The van der Waals surface area contributed by atoms with Crippen molar-refractivity contribution >= 4 is 5.96 Å². The molecule has 0 radical (unpaired) electrons. The minimum absolute atomic E-state index is 0.137. The van der Waals surface area contributed by atoms with Gasteiger partial charge in [-0.1, -0.05) is 6.07 Å². The van der Waals surface area contributed by atoms with Crippen LogP contribution in [0.4, 0.5) is 0 Å². The molecule has 140 valence electrons. The number of aromatic hydroxyl groups is 1. The standard InChI is InChI=1S/C18H26N6O2/c1-3-19-18(20-11-13-4-5-16(26-2)15(25)10-13)24-8-6-14(7-9-24)17-21-12-22-23-17/h4-5,10,12,14,25H,3,6-9,11H2,1-2H3,(H,19,20)(H,21,22,23). The molecule has 1 saturated heterocycles. The van der Waals surface area contributed by atoms with Crippen LogP contribution in [-0.2, 0) is 6.54 Å². The van der Waals surface area contributed by atoms with Crippen molar-refractivity contribution in [3.05, 3.63) is 35.9 Å². The van der Waals surface area contributed by atoms with Crippen molar-refractivity contribution in [2.24, 2.45) is 4.99 Å². The Hall–Kier alpha value is -2.77. The molecule has 1 aromatic heterocycles. The van der Waals surface area contributed by atoms with E-state index in [1.807, 2.05) is 6.07 Å². The van der Waals surface area contributed by atoms with E-state index >= 15 is 0 Å². The molecule has 1 fully saturated rings. The number of piperidine rings is 1. The van der Waals surface area contributed by atoms with Gasteiger partial charge in [-0.25, -0.2) is 9.98 Å². The first-order valence-electron chi connectivity index (χ1n) is 8.95. The van der Waals surface area contributed by atoms with Crippen molar-refractivity contribution in [2.75, 3.05) is 26.7 Å². The third-order valence-electron chi connectivity index (χ3n) is 4.60. The molecule has 2 aromatic rings. The number of H-pyrrole nitrogens is 1. The van der Waals surface area contributed by atoms with Crippen molar-refractivity contribution in [3.63, 3.8) is 0 Å². The van der Waals surface area contributed by atoms with Gasteiger partial charge in [-0.15, -0.1) is 0 Å². The molecule has 2 heterocycles. The Morgan fingerprint density at radius 1 is 1.42 bits per heavy atom. The van der Waals surface area contributed by atoms with E-state index in [-0.39, 0.29) is 5.75 Å². The van der Waals surface area contributed by atoms with Crippen LogP contribution < -0.4 is 10.1 Å². The summed E-state index contributed by atoms with van der Waals surface area (Å²) >= 11 is 0. The summed E-state index contributed by atoms with van der Waals surface area (Å²) in [6.45, 7) is 5.22. The van der Waals surface area contributed by atoms with Gasteiger partial charge in [0, 0.05) is 25.6 Å². The van der Waals surface area contributed by atoms with Crippen LogP contribution >= 0.6 is 0 Å². The first-order chi connectivity index (χ1) is 12.7. The maximum Gasteiger partial charge on any atom is 0.194 e. The lowest BCUT2D eigenvalue weighted by atomic mass is 9.96. The number of ether oxygens (including phenoxy) is 1. The highest BCUT2D eigenvalue weighted by molar-refractivity contribution is 5.80. The molecule has 0 amide bonds. The Morgan fingerprint density at radius 3 is 2.85 bits per heavy atom. The third-order valence-corrected chi connectivity index (χ3v) is 4.60. The lowest BCUT2D eigenvalue weighted by molar-refractivity contribution is 0.299. The second-order valence-electron chi connectivity index (χ2n) is 6.31. The summed E-state index contributed by atoms with van der Waals surface area (Å²) in [4.78, 5) is 11.3. The summed E-state index contributed by atoms with van der Waals surface area (Å²) in [7, 11) is 1.54. The van der Waals surface area contributed by atoms with Crippen LogP contribution in [0.3, 0.4) is 0 Å². The number of aromatic nitrogens is 3. The number of phenolic OH excluding ortho intramolecular Hbond substituents is 1. The zero-order valence-corrected chi connectivity index (χ0v) is 15.3. The van der Waals surface area contributed by atoms with E-state index in [9.17, 15) is 5.11 Å². The number of likely N-dealkylation sites (tertiary alicyclic amines) is 1. The first-order valence-corrected chi connectivity index (χ1v) is 8.95. The highest BCUT2D eigenvalue weighted by Crippen LogP contribution is 2.27. The largest absolute Gasteiger partial charge is 0.504 e. The van der Waals surface area contributed by atoms with Crippen LogP contribution in [0.5, 0.6) is 11.5 Å². The zero-order chi connectivity index (χ0) is 18.4. The number of rotatable bonds is 5. The average molecular weight is 358 g/mol. The smallest absolute Gasteiger partial charge is 0.194 e. The normalized spacial score (nSPS) is 15.9. The summed E-state index contributed by atoms with van der Waals surface area (Å²) in [5.41, 5.74) is 0.940. The maximum absolute atomic E-state index is 9.91. The molecule has 8 nitrogen and oxygen atoms in total. The van der Waals surface area contributed by atoms with Crippen LogP contribution in [0.1, 0.15) is 37.1 Å². The zero-order valence-electron chi connectivity index (χ0n) is 15.3. The van der Waals surface area contributed by atoms with Gasteiger partial charge in [0.15, 0.2) is 17.5 Å². The number of guanidine groups is 1. The number of aromatic amines is 1. The minimum Gasteiger partial charge on any atom is -0.504 e. The molecule has 0 unspecified atom stereocenters. The summed E-state index contributed by atoms with van der Waals surface area (Å²) in [5, 5.41) is 20.2. The summed E-state index contributed by atoms with van der Waals surface area (Å²) in [6, 6.07) is 5.37. The Balaban J connectivity index is 1.63. The van der Waals surface area contributed by atoms with E-state index < -0.39 is 0 Å². The highest BCUT2D eigenvalue weighted by Gasteiger charge is 2.24. The molecule has 1 aliphatic rings. The van der Waals surface area contributed by atoms with Gasteiger partial charge in [-0.2, -0.15) is 5.10 Å². The van der Waals surface area contributed by atoms with Crippen molar-refractivity contribution < 1.29 is 9.84 Å². The van der Waals surface area contributed by atoms with E-state index in [0.29, 0.717) is 18.2 Å². The van der Waals surface area contributed by atoms with Crippen LogP contribution in [-0.4, -0.2) is 57.9 Å². The number of aliphatic imine (C=N–C) groups is 1. The van der Waals surface area contributed by atoms with Gasteiger partial charge in [-0.05, 0) is 37.5 Å². The predicted octanol–water partition coefficient (Wildman–Crippen LogP) is 1.86. The lowest BCUT2D eigenvalue weighted by Crippen LogP contribution is -2.45. The Kier molecular flexibility index (Phi) is 5.93. The third kappa shape index (κ3) is 4.25. The topological polar surface area (TPSA) is 98.7 Å². The van der Waals surface area contributed by atoms with E-state index in [1.165, 1.54) is 0 Å². The van der Waals surface area contributed by atoms with Gasteiger partial charge in [0.1, 0.15) is 12.2 Å². The summed E-state index contributed by atoms with van der Waals surface area (Å²) in [5.74, 6) is 2.91. The fraction of sp³-hybridized carbons (Fsp3) is 0.500. The van der Waals surface area contributed by atoms with E-state index in [1.54, 1.807) is 25.6 Å². The molecule has 0 bridgehead atoms. The molecule has 8 heteroatoms. The Labute approximate surface area is 153 Å². The molecule has 0 atom stereocenters. The van der Waals surface area contributed by atoms with Crippen LogP contribution in [0.25, 0.3) is 0 Å². The molecular formula is C18H26N6O2. The maximum atomic E-state index is 9.91. The van der Waals surface area contributed by atoms with Gasteiger partial charge in [0.25, 0.3) is 0 Å². The molecule has 1 aromatic carbocycles. The molecule has 0 spiro atoms. The number of nitrogens with zero attached hydrogens (tertiary/aromatic N) is 4. The fourth-order valence-corrected chi connectivity index (χ4v) is 3.20. The van der Waals surface area contributed by atoms with Gasteiger partial charge < -0.3 is 20.1 Å². The van der Waals surface area contributed by atoms with Gasteiger partial charge in [0.05, 0.1) is 13.7 Å². The number of hydrogen-bond acceptors (Lipinski definition) is 5. The SMILES string of the molecule is CCNC(=NCc1ccc(OC)c(O)c1)N1CCC(c2ncn[nH]2)CC1. The van der Waals surface area contributed by atoms with Crippen LogP contribution in [0.2, 0.25) is 0 Å². The monoisotopic (exact) mass is 358 g/mol. The minimum atomic E-state index is 0.137. The van der Waals surface area contributed by atoms with E-state index in [4.69, 9.17) is 9.73 Å². The quantitative estimate of drug-likeness (QED) is 0.557. The average Bonchev–Trinajstić information content (AvgIpc) is 3.20. The summed E-state index contributed by atoms with van der Waals surface area (Å²) < 4.78 is 5.08. The molecular weight excluding hydrogens is 332 g/mol. The number of nitrogens with one attached hydrogen (secondary N) is 2. The second kappa shape index (κ2) is 8.55. The lowest BCUT2D eigenvalue weighted by Gasteiger charge is -2.33. The Bertz CT molecular complexity index is 723. The predicted molar refractivity (Wildman–Crippen MR) is 99.4 cm³/mol. The van der Waals surface area contributed by atoms with Crippen molar-refractivity contribution in [3.8, 4) is 11.5 Å². The van der Waals surface area contributed by atoms with Crippen molar-refractivity contribution in [1.82, 2.24) is 25.4 Å². The molecule has 0 aliphatic carbocycles. The summed E-state index contributed by atoms with van der Waals surface area (Å²) in [6.07, 6.45) is 3.60. The number of methoxy groups -OCH3 is 1. The van der Waals surface area contributed by atoms with Gasteiger partial charge >= 0.3 is 0 Å². The molecule has 3 rings (SSSR count). The highest BCUT2D eigenvalue weighted by atomic mass is 16.5. The van der Waals surface area contributed by atoms with Crippen molar-refractivity contribution in [2.45, 2.75) is 32.2 Å². The van der Waals surface area contributed by atoms with Crippen molar-refractivity contribution in [1.29, 1.82) is 0 Å². The molecule has 3 N–H and O–H groups in total. The number of phenols is 1. The van der Waals surface area contributed by atoms with Gasteiger partial charge in [-0.3, -0.25) is 5.10 Å². The molecule has 1 aliphatic heterocycles. The number of benzene rings is 1. The second-order valence-corrected chi connectivity index (χ2v) is 6.31. The first kappa shape index (κ1) is 18.0. The molecule has 26 heavy (non-hydrogen) atoms. The van der Waals surface area contributed by atoms with E-state index in [0.717, 1.165) is 49.8 Å². The van der Waals surface area contributed by atoms with E-state index in [2.05, 4.69) is 32.3 Å². The van der Waals surface area contributed by atoms with Crippen LogP contribution in [0, 0.1) is 0 Å². The number of hydrogen-bond donors (Lipinski definition) is 3. The molecule has 0 saturated carbocycles. The Morgan fingerprint density at radius 2 is 2.23 bits per heavy atom.